The van der Waals surface area contributed by atoms with E-state index in [4.69, 9.17) is 5.73 Å². The van der Waals surface area contributed by atoms with Crippen LogP contribution in [0, 0.1) is 11.8 Å². The number of hydrogen-bond acceptors (Lipinski definition) is 2. The molecule has 1 heterocycles. The average molecular weight is 247 g/mol. The molecule has 4 heteroatoms. The Kier molecular flexibility index (Phi) is 3.87. The molecule has 2 unspecified atom stereocenters. The summed E-state index contributed by atoms with van der Waals surface area (Å²) in [6.45, 7) is 6.54. The number of benzene rings is 1. The zero-order valence-corrected chi connectivity index (χ0v) is 11.0. The molecule has 2 rings (SSSR count). The van der Waals surface area contributed by atoms with Crippen LogP contribution in [0.15, 0.2) is 24.3 Å². The van der Waals surface area contributed by atoms with E-state index in [-0.39, 0.29) is 6.03 Å². The van der Waals surface area contributed by atoms with Gasteiger partial charge in [-0.2, -0.15) is 0 Å². The summed E-state index contributed by atoms with van der Waals surface area (Å²) in [6.07, 6.45) is 0. The minimum absolute atomic E-state index is 0.0135. The van der Waals surface area contributed by atoms with E-state index in [0.29, 0.717) is 18.4 Å². The Bertz CT molecular complexity index is 423. The van der Waals surface area contributed by atoms with Crippen LogP contribution in [-0.4, -0.2) is 24.0 Å². The van der Waals surface area contributed by atoms with Gasteiger partial charge in [-0.05, 0) is 29.5 Å². The predicted octanol–water partition coefficient (Wildman–Crippen LogP) is 2.27. The highest BCUT2D eigenvalue weighted by molar-refractivity contribution is 5.89. The number of nitrogens with zero attached hydrogens (tertiary/aromatic N) is 1. The number of nitrogens with one attached hydrogen (secondary N) is 1. The Hall–Kier alpha value is -1.55. The Morgan fingerprint density at radius 1 is 1.39 bits per heavy atom. The molecule has 18 heavy (non-hydrogen) atoms. The van der Waals surface area contributed by atoms with Gasteiger partial charge in [-0.15, -0.1) is 0 Å². The zero-order valence-electron chi connectivity index (χ0n) is 11.0. The lowest BCUT2D eigenvalue weighted by Gasteiger charge is -2.17. The van der Waals surface area contributed by atoms with Gasteiger partial charge >= 0.3 is 6.03 Å². The summed E-state index contributed by atoms with van der Waals surface area (Å²) in [6, 6.07) is 7.66. The lowest BCUT2D eigenvalue weighted by Crippen LogP contribution is -2.33. The maximum atomic E-state index is 12.1. The summed E-state index contributed by atoms with van der Waals surface area (Å²) in [5.41, 5.74) is 7.42. The predicted molar refractivity (Wildman–Crippen MR) is 73.3 cm³/mol. The van der Waals surface area contributed by atoms with Crippen LogP contribution in [-0.2, 0) is 6.54 Å². The SMILES string of the molecule is CC1CN(C(=O)Nc2cccc(CN)c2)CC1C. The topological polar surface area (TPSA) is 58.4 Å². The third-order valence-electron chi connectivity index (χ3n) is 3.69. The first-order valence-electron chi connectivity index (χ1n) is 6.45. The van der Waals surface area contributed by atoms with E-state index < -0.39 is 0 Å². The Morgan fingerprint density at radius 3 is 2.67 bits per heavy atom. The van der Waals surface area contributed by atoms with Crippen LogP contribution in [0.5, 0.6) is 0 Å². The Labute approximate surface area is 108 Å². The molecule has 0 saturated carbocycles. The molecule has 1 aromatic rings. The lowest BCUT2D eigenvalue weighted by atomic mass is 10.0. The van der Waals surface area contributed by atoms with Gasteiger partial charge in [-0.25, -0.2) is 4.79 Å². The maximum Gasteiger partial charge on any atom is 0.321 e. The van der Waals surface area contributed by atoms with Gasteiger partial charge in [0.05, 0.1) is 0 Å². The van der Waals surface area contributed by atoms with E-state index in [1.54, 1.807) is 0 Å². The highest BCUT2D eigenvalue weighted by Crippen LogP contribution is 2.22. The van der Waals surface area contributed by atoms with Crippen molar-refractivity contribution in [3.8, 4) is 0 Å². The van der Waals surface area contributed by atoms with Crippen molar-refractivity contribution in [1.29, 1.82) is 0 Å². The molecule has 3 N–H and O–H groups in total. The number of carbonyl (C=O) groups excluding carboxylic acids is 1. The van der Waals surface area contributed by atoms with Crippen LogP contribution >= 0.6 is 0 Å². The van der Waals surface area contributed by atoms with Crippen molar-refractivity contribution < 1.29 is 4.79 Å². The zero-order chi connectivity index (χ0) is 13.1. The molecule has 2 atom stereocenters. The van der Waals surface area contributed by atoms with Crippen LogP contribution in [0.3, 0.4) is 0 Å². The van der Waals surface area contributed by atoms with Crippen molar-refractivity contribution in [3.63, 3.8) is 0 Å². The van der Waals surface area contributed by atoms with Gasteiger partial charge in [0.15, 0.2) is 0 Å². The van der Waals surface area contributed by atoms with Gasteiger partial charge in [-0.1, -0.05) is 26.0 Å². The maximum absolute atomic E-state index is 12.1. The minimum atomic E-state index is -0.0135. The minimum Gasteiger partial charge on any atom is -0.326 e. The largest absolute Gasteiger partial charge is 0.326 e. The molecule has 1 fully saturated rings. The third kappa shape index (κ3) is 2.82. The summed E-state index contributed by atoms with van der Waals surface area (Å²) in [4.78, 5) is 14.0. The monoisotopic (exact) mass is 247 g/mol. The summed E-state index contributed by atoms with van der Waals surface area (Å²) < 4.78 is 0. The first-order valence-corrected chi connectivity index (χ1v) is 6.45. The van der Waals surface area contributed by atoms with E-state index >= 15 is 0 Å². The number of carbonyl (C=O) groups is 1. The molecule has 4 nitrogen and oxygen atoms in total. The summed E-state index contributed by atoms with van der Waals surface area (Å²) in [5.74, 6) is 1.15. The molecule has 2 amide bonds. The molecule has 0 aliphatic carbocycles. The van der Waals surface area contributed by atoms with Gasteiger partial charge in [0, 0.05) is 25.3 Å². The van der Waals surface area contributed by atoms with Crippen molar-refractivity contribution in [1.82, 2.24) is 4.90 Å². The van der Waals surface area contributed by atoms with Gasteiger partial charge < -0.3 is 16.0 Å². The highest BCUT2D eigenvalue weighted by atomic mass is 16.2. The van der Waals surface area contributed by atoms with E-state index in [1.165, 1.54) is 0 Å². The van der Waals surface area contributed by atoms with Crippen molar-refractivity contribution in [3.05, 3.63) is 29.8 Å². The van der Waals surface area contributed by atoms with Crippen LogP contribution in [0.25, 0.3) is 0 Å². The fourth-order valence-electron chi connectivity index (χ4n) is 2.27. The number of nitrogens with two attached hydrogens (primary N) is 1. The number of likely N-dealkylation sites (tertiary alicyclic amines) is 1. The molecular weight excluding hydrogens is 226 g/mol. The van der Waals surface area contributed by atoms with E-state index in [9.17, 15) is 4.79 Å². The van der Waals surface area contributed by atoms with Gasteiger partial charge in [0.2, 0.25) is 0 Å². The normalized spacial score (nSPS) is 23.2. The highest BCUT2D eigenvalue weighted by Gasteiger charge is 2.29. The molecule has 0 bridgehead atoms. The van der Waals surface area contributed by atoms with E-state index in [1.807, 2.05) is 29.2 Å². The summed E-state index contributed by atoms with van der Waals surface area (Å²) in [5, 5.41) is 2.93. The molecule has 0 spiro atoms. The molecule has 1 saturated heterocycles. The summed E-state index contributed by atoms with van der Waals surface area (Å²) >= 11 is 0. The lowest BCUT2D eigenvalue weighted by molar-refractivity contribution is 0.220. The molecule has 98 valence electrons. The second-order valence-corrected chi connectivity index (χ2v) is 5.19. The summed E-state index contributed by atoms with van der Waals surface area (Å²) in [7, 11) is 0. The van der Waals surface area contributed by atoms with Crippen LogP contribution in [0.1, 0.15) is 19.4 Å². The third-order valence-corrected chi connectivity index (χ3v) is 3.69. The Balaban J connectivity index is 1.99. The molecule has 1 aromatic carbocycles. The first kappa shape index (κ1) is 12.9. The van der Waals surface area contributed by atoms with Crippen LogP contribution < -0.4 is 11.1 Å². The molecule has 0 aromatic heterocycles. The number of amides is 2. The second-order valence-electron chi connectivity index (χ2n) is 5.19. The van der Waals surface area contributed by atoms with Gasteiger partial charge in [0.25, 0.3) is 0 Å². The van der Waals surface area contributed by atoms with Crippen molar-refractivity contribution >= 4 is 11.7 Å². The standard InChI is InChI=1S/C14H21N3O/c1-10-8-17(9-11(10)2)14(18)16-13-5-3-4-12(6-13)7-15/h3-6,10-11H,7-9,15H2,1-2H3,(H,16,18). The number of urea groups is 1. The second kappa shape index (κ2) is 5.40. The fourth-order valence-corrected chi connectivity index (χ4v) is 2.27. The molecule has 1 aliphatic heterocycles. The van der Waals surface area contributed by atoms with Crippen molar-refractivity contribution in [2.75, 3.05) is 18.4 Å². The number of anilines is 1. The quantitative estimate of drug-likeness (QED) is 0.842. The number of rotatable bonds is 2. The fraction of sp³-hybridized carbons (Fsp3) is 0.500. The Morgan fingerprint density at radius 2 is 2.06 bits per heavy atom. The van der Waals surface area contributed by atoms with Gasteiger partial charge in [-0.3, -0.25) is 0 Å². The van der Waals surface area contributed by atoms with Crippen LogP contribution in [0.2, 0.25) is 0 Å². The molecule has 0 radical (unpaired) electrons. The van der Waals surface area contributed by atoms with Crippen molar-refractivity contribution in [2.45, 2.75) is 20.4 Å². The van der Waals surface area contributed by atoms with Crippen LogP contribution in [0.4, 0.5) is 10.5 Å². The number of hydrogen-bond donors (Lipinski definition) is 2. The smallest absolute Gasteiger partial charge is 0.321 e. The molecule has 1 aliphatic rings. The van der Waals surface area contributed by atoms with E-state index in [0.717, 1.165) is 24.3 Å². The first-order chi connectivity index (χ1) is 8.60. The molecular formula is C14H21N3O. The van der Waals surface area contributed by atoms with Gasteiger partial charge in [0.1, 0.15) is 0 Å². The average Bonchev–Trinajstić information content (AvgIpc) is 2.70. The van der Waals surface area contributed by atoms with E-state index in [2.05, 4.69) is 19.2 Å². The van der Waals surface area contributed by atoms with Crippen molar-refractivity contribution in [2.24, 2.45) is 17.6 Å².